The number of methoxy groups -OCH3 is 1. The third-order valence-electron chi connectivity index (χ3n) is 5.35. The molecule has 0 bridgehead atoms. The second-order valence-corrected chi connectivity index (χ2v) is 7.83. The molecule has 1 heterocycles. The van der Waals surface area contributed by atoms with Gasteiger partial charge in [-0.2, -0.15) is 0 Å². The number of fused-ring (bicyclic) bond motifs is 1. The second-order valence-electron chi connectivity index (χ2n) is 7.40. The van der Waals surface area contributed by atoms with Gasteiger partial charge in [0, 0.05) is 29.3 Å². The van der Waals surface area contributed by atoms with Crippen LogP contribution in [0.5, 0.6) is 0 Å². The minimum absolute atomic E-state index is 0.143. The number of aromatic nitrogens is 1. The van der Waals surface area contributed by atoms with Gasteiger partial charge < -0.3 is 4.74 Å². The number of ether oxygens (including phenoxy) is 1. The van der Waals surface area contributed by atoms with Crippen LogP contribution in [0, 0.1) is 5.82 Å². The topological polar surface area (TPSA) is 22.1 Å². The molecule has 152 valence electrons. The fourth-order valence-corrected chi connectivity index (χ4v) is 3.71. The maximum Gasteiger partial charge on any atom is 0.134 e. The molecule has 3 aromatic carbocycles. The van der Waals surface area contributed by atoms with Gasteiger partial charge in [-0.3, -0.25) is 4.98 Å². The van der Waals surface area contributed by atoms with Crippen LogP contribution in [0.4, 0.5) is 4.39 Å². The van der Waals surface area contributed by atoms with Gasteiger partial charge in [-0.05, 0) is 65.6 Å². The largest absolute Gasteiger partial charge is 0.384 e. The van der Waals surface area contributed by atoms with Gasteiger partial charge in [0.25, 0.3) is 0 Å². The van der Waals surface area contributed by atoms with Crippen molar-refractivity contribution in [1.82, 2.24) is 4.98 Å². The smallest absolute Gasteiger partial charge is 0.134 e. The van der Waals surface area contributed by atoms with E-state index in [0.29, 0.717) is 23.4 Å². The first-order chi connectivity index (χ1) is 14.6. The monoisotopic (exact) mass is 419 g/mol. The zero-order valence-electron chi connectivity index (χ0n) is 16.9. The Morgan fingerprint density at radius 1 is 0.867 bits per heavy atom. The summed E-state index contributed by atoms with van der Waals surface area (Å²) in [5.41, 5.74) is 4.87. The van der Waals surface area contributed by atoms with Crippen molar-refractivity contribution in [3.05, 3.63) is 100 Å². The quantitative estimate of drug-likeness (QED) is 0.334. The van der Waals surface area contributed by atoms with E-state index >= 15 is 4.39 Å². The average molecular weight is 420 g/mol. The van der Waals surface area contributed by atoms with Gasteiger partial charge in [0.1, 0.15) is 5.82 Å². The highest BCUT2D eigenvalue weighted by molar-refractivity contribution is 6.30. The van der Waals surface area contributed by atoms with Gasteiger partial charge >= 0.3 is 0 Å². The van der Waals surface area contributed by atoms with Crippen molar-refractivity contribution < 1.29 is 9.13 Å². The van der Waals surface area contributed by atoms with Gasteiger partial charge in [-0.15, -0.1) is 0 Å². The highest BCUT2D eigenvalue weighted by Crippen LogP contribution is 2.27. The summed E-state index contributed by atoms with van der Waals surface area (Å²) in [5.74, 6) is -0.143. The zero-order chi connectivity index (χ0) is 20.9. The predicted octanol–water partition coefficient (Wildman–Crippen LogP) is 6.67. The van der Waals surface area contributed by atoms with Crippen molar-refractivity contribution in [2.75, 3.05) is 13.7 Å². The van der Waals surface area contributed by atoms with Crippen molar-refractivity contribution in [1.29, 1.82) is 0 Å². The highest BCUT2D eigenvalue weighted by Gasteiger charge is 2.10. The van der Waals surface area contributed by atoms with Gasteiger partial charge in [0.15, 0.2) is 0 Å². The Balaban J connectivity index is 1.54. The molecule has 4 rings (SSSR count). The highest BCUT2D eigenvalue weighted by atomic mass is 35.5. The molecule has 30 heavy (non-hydrogen) atoms. The molecule has 0 amide bonds. The summed E-state index contributed by atoms with van der Waals surface area (Å²) in [6.07, 6.45) is 4.14. The summed E-state index contributed by atoms with van der Waals surface area (Å²) in [6.45, 7) is 0.677. The maximum absolute atomic E-state index is 15.1. The Morgan fingerprint density at radius 3 is 2.40 bits per heavy atom. The number of hydrogen-bond acceptors (Lipinski definition) is 2. The Kier molecular flexibility index (Phi) is 6.41. The summed E-state index contributed by atoms with van der Waals surface area (Å²) >= 11 is 5.93. The molecule has 4 heteroatoms. The van der Waals surface area contributed by atoms with Crippen LogP contribution in [0.1, 0.15) is 16.7 Å². The SMILES string of the molecule is COCCc1ccc(-c2ccc3c(F)c(CCc4ccc(Cl)cc4)ccc3c2)nc1. The standard InChI is InChI=1S/C26H23ClFNO/c1-30-15-14-19-5-13-25(29-17-19)22-9-12-24-21(16-22)8-7-20(26(24)28)6-2-18-3-10-23(27)11-4-18/h3-5,7-13,16-17H,2,6,14-15H2,1H3. The van der Waals surface area contributed by atoms with Gasteiger partial charge in [0.05, 0.1) is 12.3 Å². The molecule has 0 fully saturated rings. The minimum atomic E-state index is -0.143. The van der Waals surface area contributed by atoms with Crippen molar-refractivity contribution >= 4 is 22.4 Å². The number of pyridine rings is 1. The lowest BCUT2D eigenvalue weighted by Crippen LogP contribution is -1.97. The minimum Gasteiger partial charge on any atom is -0.384 e. The van der Waals surface area contributed by atoms with Crippen molar-refractivity contribution in [3.8, 4) is 11.3 Å². The molecule has 0 radical (unpaired) electrons. The van der Waals surface area contributed by atoms with Crippen LogP contribution in [-0.4, -0.2) is 18.7 Å². The number of aryl methyl sites for hydroxylation is 2. The number of halogens is 2. The van der Waals surface area contributed by atoms with Crippen LogP contribution in [0.15, 0.2) is 72.9 Å². The normalized spacial score (nSPS) is 11.2. The molecule has 0 atom stereocenters. The van der Waals surface area contributed by atoms with Crippen LogP contribution in [-0.2, 0) is 24.0 Å². The number of benzene rings is 3. The summed E-state index contributed by atoms with van der Waals surface area (Å²) in [6, 6.07) is 21.4. The molecule has 0 spiro atoms. The molecule has 0 N–H and O–H groups in total. The fraction of sp³-hybridized carbons (Fsp3) is 0.192. The molecule has 0 aliphatic heterocycles. The molecule has 0 saturated carbocycles. The third-order valence-corrected chi connectivity index (χ3v) is 5.60. The van der Waals surface area contributed by atoms with Crippen LogP contribution in [0.3, 0.4) is 0 Å². The molecule has 0 unspecified atom stereocenters. The lowest BCUT2D eigenvalue weighted by atomic mass is 9.98. The molecule has 0 saturated heterocycles. The lowest BCUT2D eigenvalue weighted by Gasteiger charge is -2.09. The average Bonchev–Trinajstić information content (AvgIpc) is 2.78. The van der Waals surface area contributed by atoms with Gasteiger partial charge in [0.2, 0.25) is 0 Å². The molecule has 4 aromatic rings. The van der Waals surface area contributed by atoms with E-state index in [2.05, 4.69) is 11.1 Å². The molecule has 0 aliphatic carbocycles. The summed E-state index contributed by atoms with van der Waals surface area (Å²) in [4.78, 5) is 4.56. The van der Waals surface area contributed by atoms with E-state index < -0.39 is 0 Å². The Hall–Kier alpha value is -2.75. The molecular formula is C26H23ClFNO. The predicted molar refractivity (Wildman–Crippen MR) is 122 cm³/mol. The zero-order valence-corrected chi connectivity index (χ0v) is 17.6. The van der Waals surface area contributed by atoms with Crippen LogP contribution >= 0.6 is 11.6 Å². The first-order valence-electron chi connectivity index (χ1n) is 10.0. The number of hydrogen-bond donors (Lipinski definition) is 0. The van der Waals surface area contributed by atoms with Gasteiger partial charge in [-0.25, -0.2) is 4.39 Å². The molecule has 2 nitrogen and oxygen atoms in total. The molecular weight excluding hydrogens is 397 g/mol. The Labute approximate surface area is 181 Å². The van der Waals surface area contributed by atoms with Crippen LogP contribution < -0.4 is 0 Å². The van der Waals surface area contributed by atoms with E-state index in [1.165, 1.54) is 0 Å². The van der Waals surface area contributed by atoms with Crippen molar-refractivity contribution in [3.63, 3.8) is 0 Å². The first kappa shape index (κ1) is 20.5. The number of rotatable bonds is 7. The second kappa shape index (κ2) is 9.38. The van der Waals surface area contributed by atoms with Crippen molar-refractivity contribution in [2.24, 2.45) is 0 Å². The van der Waals surface area contributed by atoms with Crippen LogP contribution in [0.2, 0.25) is 5.02 Å². The van der Waals surface area contributed by atoms with Crippen LogP contribution in [0.25, 0.3) is 22.0 Å². The molecule has 0 aliphatic rings. The van der Waals surface area contributed by atoms with Gasteiger partial charge in [-0.1, -0.05) is 54.1 Å². The number of nitrogens with zero attached hydrogens (tertiary/aromatic N) is 1. The van der Waals surface area contributed by atoms with E-state index in [9.17, 15) is 0 Å². The summed E-state index contributed by atoms with van der Waals surface area (Å²) in [5, 5.41) is 2.24. The first-order valence-corrected chi connectivity index (χ1v) is 10.4. The maximum atomic E-state index is 15.1. The summed E-state index contributed by atoms with van der Waals surface area (Å²) in [7, 11) is 1.69. The fourth-order valence-electron chi connectivity index (χ4n) is 3.58. The van der Waals surface area contributed by atoms with E-state index in [0.717, 1.165) is 46.2 Å². The lowest BCUT2D eigenvalue weighted by molar-refractivity contribution is 0.202. The van der Waals surface area contributed by atoms with Crippen molar-refractivity contribution in [2.45, 2.75) is 19.3 Å². The summed E-state index contributed by atoms with van der Waals surface area (Å²) < 4.78 is 20.2. The van der Waals surface area contributed by atoms with E-state index in [1.54, 1.807) is 7.11 Å². The Bertz CT molecular complexity index is 1140. The third kappa shape index (κ3) is 4.69. The van der Waals surface area contributed by atoms with E-state index in [-0.39, 0.29) is 5.82 Å². The van der Waals surface area contributed by atoms with E-state index in [1.807, 2.05) is 66.9 Å². The molecule has 1 aromatic heterocycles. The van der Waals surface area contributed by atoms with E-state index in [4.69, 9.17) is 16.3 Å². The Morgan fingerprint density at radius 2 is 1.67 bits per heavy atom.